The molecule has 2 aromatic rings. The smallest absolute Gasteiger partial charge is 0.255 e. The van der Waals surface area contributed by atoms with Crippen LogP contribution in [0.25, 0.3) is 0 Å². The molecule has 2 amide bonds. The molecule has 158 valence electrons. The average Bonchev–Trinajstić information content (AvgIpc) is 3.32. The first-order valence-electron chi connectivity index (χ1n) is 10.8. The second kappa shape index (κ2) is 9.52. The quantitative estimate of drug-likeness (QED) is 0.780. The molecular formula is C24H28ClN3O2. The van der Waals surface area contributed by atoms with Gasteiger partial charge in [0.25, 0.3) is 11.8 Å². The largest absolute Gasteiger partial charge is 0.371 e. The van der Waals surface area contributed by atoms with Crippen molar-refractivity contribution in [3.63, 3.8) is 0 Å². The number of carbonyl (C=O) groups is 2. The molecule has 2 aliphatic heterocycles. The highest BCUT2D eigenvalue weighted by Crippen LogP contribution is 2.27. The van der Waals surface area contributed by atoms with E-state index in [9.17, 15) is 9.59 Å². The summed E-state index contributed by atoms with van der Waals surface area (Å²) in [6.07, 6.45) is 4.31. The number of rotatable bonds is 5. The number of piperidine rings is 1. The third-order valence-corrected chi connectivity index (χ3v) is 6.39. The van der Waals surface area contributed by atoms with E-state index in [2.05, 4.69) is 16.3 Å². The Labute approximate surface area is 183 Å². The molecule has 2 aliphatic rings. The van der Waals surface area contributed by atoms with Gasteiger partial charge in [-0.1, -0.05) is 35.9 Å². The van der Waals surface area contributed by atoms with Crippen LogP contribution in [-0.4, -0.2) is 49.4 Å². The van der Waals surface area contributed by atoms with Crippen molar-refractivity contribution in [3.05, 3.63) is 64.7 Å². The molecule has 4 rings (SSSR count). The van der Waals surface area contributed by atoms with E-state index in [4.69, 9.17) is 11.6 Å². The van der Waals surface area contributed by atoms with Gasteiger partial charge in [-0.2, -0.15) is 0 Å². The summed E-state index contributed by atoms with van der Waals surface area (Å²) in [6.45, 7) is 4.00. The summed E-state index contributed by atoms with van der Waals surface area (Å²) in [6, 6.07) is 15.0. The molecule has 0 aromatic heterocycles. The van der Waals surface area contributed by atoms with Crippen LogP contribution in [0.15, 0.2) is 48.5 Å². The summed E-state index contributed by atoms with van der Waals surface area (Å²) in [5.74, 6) is 0.177. The van der Waals surface area contributed by atoms with Gasteiger partial charge >= 0.3 is 0 Å². The van der Waals surface area contributed by atoms with Crippen molar-refractivity contribution in [3.8, 4) is 0 Å². The van der Waals surface area contributed by atoms with Gasteiger partial charge < -0.3 is 15.1 Å². The van der Waals surface area contributed by atoms with Gasteiger partial charge in [-0.3, -0.25) is 9.59 Å². The van der Waals surface area contributed by atoms with Crippen LogP contribution >= 0.6 is 11.6 Å². The van der Waals surface area contributed by atoms with Gasteiger partial charge in [-0.25, -0.2) is 0 Å². The van der Waals surface area contributed by atoms with Crippen LogP contribution in [0.3, 0.4) is 0 Å². The molecule has 0 bridgehead atoms. The molecule has 2 aromatic carbocycles. The Hall–Kier alpha value is -2.53. The van der Waals surface area contributed by atoms with Gasteiger partial charge in [0.2, 0.25) is 0 Å². The lowest BCUT2D eigenvalue weighted by molar-refractivity contribution is 0.0671. The van der Waals surface area contributed by atoms with E-state index in [1.54, 1.807) is 18.2 Å². The lowest BCUT2D eigenvalue weighted by Crippen LogP contribution is -2.44. The van der Waals surface area contributed by atoms with Crippen LogP contribution in [0.4, 0.5) is 5.69 Å². The fourth-order valence-corrected chi connectivity index (χ4v) is 4.67. The van der Waals surface area contributed by atoms with E-state index >= 15 is 0 Å². The number of likely N-dealkylation sites (tertiary alicyclic amines) is 1. The molecular weight excluding hydrogens is 398 g/mol. The predicted molar refractivity (Wildman–Crippen MR) is 120 cm³/mol. The minimum Gasteiger partial charge on any atom is -0.371 e. The Morgan fingerprint density at radius 1 is 0.933 bits per heavy atom. The van der Waals surface area contributed by atoms with Crippen LogP contribution in [0, 0.1) is 5.92 Å². The van der Waals surface area contributed by atoms with Crippen molar-refractivity contribution in [2.24, 2.45) is 5.92 Å². The van der Waals surface area contributed by atoms with Gasteiger partial charge in [-0.15, -0.1) is 0 Å². The summed E-state index contributed by atoms with van der Waals surface area (Å²) in [4.78, 5) is 30.0. The summed E-state index contributed by atoms with van der Waals surface area (Å²) in [7, 11) is 0. The Balaban J connectivity index is 1.39. The van der Waals surface area contributed by atoms with Gasteiger partial charge in [-0.05, 0) is 55.9 Å². The van der Waals surface area contributed by atoms with E-state index in [1.165, 1.54) is 12.8 Å². The van der Waals surface area contributed by atoms with E-state index < -0.39 is 0 Å². The maximum atomic E-state index is 13.3. The SMILES string of the molecule is O=C(NCC1CCCN(C(=O)c2ccccc2N2CCCC2)C1)c1ccccc1Cl. The summed E-state index contributed by atoms with van der Waals surface area (Å²) < 4.78 is 0. The molecule has 0 aliphatic carbocycles. The molecule has 0 radical (unpaired) electrons. The second-order valence-electron chi connectivity index (χ2n) is 8.16. The number of hydrogen-bond donors (Lipinski definition) is 1. The van der Waals surface area contributed by atoms with Crippen LogP contribution in [0.5, 0.6) is 0 Å². The number of para-hydroxylation sites is 1. The highest BCUT2D eigenvalue weighted by atomic mass is 35.5. The van der Waals surface area contributed by atoms with Crippen LogP contribution in [0.2, 0.25) is 5.02 Å². The lowest BCUT2D eigenvalue weighted by atomic mass is 9.97. The van der Waals surface area contributed by atoms with E-state index in [0.717, 1.165) is 43.7 Å². The fraction of sp³-hybridized carbons (Fsp3) is 0.417. The zero-order chi connectivity index (χ0) is 20.9. The van der Waals surface area contributed by atoms with E-state index in [1.807, 2.05) is 29.2 Å². The minimum absolute atomic E-state index is 0.0969. The maximum absolute atomic E-state index is 13.3. The Bertz CT molecular complexity index is 911. The van der Waals surface area contributed by atoms with Gasteiger partial charge in [0.15, 0.2) is 0 Å². The molecule has 1 atom stereocenters. The van der Waals surface area contributed by atoms with Crippen LogP contribution in [-0.2, 0) is 0 Å². The predicted octanol–water partition coefficient (Wildman–Crippen LogP) is 4.22. The number of carbonyl (C=O) groups excluding carboxylic acids is 2. The first kappa shape index (κ1) is 20.7. The Morgan fingerprint density at radius 2 is 1.63 bits per heavy atom. The molecule has 30 heavy (non-hydrogen) atoms. The van der Waals surface area contributed by atoms with E-state index in [0.29, 0.717) is 23.7 Å². The van der Waals surface area contributed by atoms with Crippen molar-refractivity contribution in [2.45, 2.75) is 25.7 Å². The van der Waals surface area contributed by atoms with Crippen molar-refractivity contribution in [1.82, 2.24) is 10.2 Å². The molecule has 5 nitrogen and oxygen atoms in total. The number of amides is 2. The summed E-state index contributed by atoms with van der Waals surface area (Å²) in [5, 5.41) is 3.45. The molecule has 2 saturated heterocycles. The first-order chi connectivity index (χ1) is 14.6. The zero-order valence-corrected chi connectivity index (χ0v) is 17.9. The number of halogens is 1. The van der Waals surface area contributed by atoms with Gasteiger partial charge in [0, 0.05) is 38.4 Å². The summed E-state index contributed by atoms with van der Waals surface area (Å²) >= 11 is 6.12. The topological polar surface area (TPSA) is 52.7 Å². The maximum Gasteiger partial charge on any atom is 0.255 e. The minimum atomic E-state index is -0.163. The number of benzene rings is 2. The third-order valence-electron chi connectivity index (χ3n) is 6.06. The normalized spacial score (nSPS) is 19.0. The average molecular weight is 426 g/mol. The highest BCUT2D eigenvalue weighted by Gasteiger charge is 2.27. The van der Waals surface area contributed by atoms with Crippen LogP contribution < -0.4 is 10.2 Å². The van der Waals surface area contributed by atoms with Crippen molar-refractivity contribution in [2.75, 3.05) is 37.6 Å². The molecule has 0 spiro atoms. The van der Waals surface area contributed by atoms with Crippen molar-refractivity contribution < 1.29 is 9.59 Å². The monoisotopic (exact) mass is 425 g/mol. The van der Waals surface area contributed by atoms with Crippen LogP contribution in [0.1, 0.15) is 46.4 Å². The molecule has 1 unspecified atom stereocenters. The number of anilines is 1. The van der Waals surface area contributed by atoms with E-state index in [-0.39, 0.29) is 17.7 Å². The second-order valence-corrected chi connectivity index (χ2v) is 8.57. The molecule has 0 saturated carbocycles. The molecule has 2 fully saturated rings. The molecule has 1 N–H and O–H groups in total. The number of nitrogens with one attached hydrogen (secondary N) is 1. The third kappa shape index (κ3) is 4.62. The van der Waals surface area contributed by atoms with Crippen molar-refractivity contribution in [1.29, 1.82) is 0 Å². The van der Waals surface area contributed by atoms with Gasteiger partial charge in [0.1, 0.15) is 0 Å². The highest BCUT2D eigenvalue weighted by molar-refractivity contribution is 6.33. The number of nitrogens with zero attached hydrogens (tertiary/aromatic N) is 2. The molecule has 2 heterocycles. The Kier molecular flexibility index (Phi) is 6.58. The first-order valence-corrected chi connectivity index (χ1v) is 11.2. The van der Waals surface area contributed by atoms with Gasteiger partial charge in [0.05, 0.1) is 16.1 Å². The number of hydrogen-bond acceptors (Lipinski definition) is 3. The standard InChI is InChI=1S/C24H28ClN3O2/c25-21-11-3-1-9-19(21)23(29)26-16-18-8-7-15-28(17-18)24(30)20-10-2-4-12-22(20)27-13-5-6-14-27/h1-4,9-12,18H,5-8,13-17H2,(H,26,29). The Morgan fingerprint density at radius 3 is 2.40 bits per heavy atom. The fourth-order valence-electron chi connectivity index (χ4n) is 4.45. The summed E-state index contributed by atoms with van der Waals surface area (Å²) in [5.41, 5.74) is 2.33. The van der Waals surface area contributed by atoms with Crippen molar-refractivity contribution >= 4 is 29.1 Å². The zero-order valence-electron chi connectivity index (χ0n) is 17.1. The lowest BCUT2D eigenvalue weighted by Gasteiger charge is -2.34. The molecule has 6 heteroatoms.